The number of isocyanates is 2. The van der Waals surface area contributed by atoms with Crippen molar-refractivity contribution >= 4 is 17.8 Å². The number of nitrogens with zero attached hydrogens (tertiary/aromatic N) is 2. The van der Waals surface area contributed by atoms with Crippen LogP contribution in [0.15, 0.2) is 28.2 Å². The molecule has 21 heavy (non-hydrogen) atoms. The summed E-state index contributed by atoms with van der Waals surface area (Å²) in [6.45, 7) is 2.03. The molecule has 0 unspecified atom stereocenters. The van der Waals surface area contributed by atoms with E-state index in [9.17, 15) is 9.59 Å². The third kappa shape index (κ3) is 3.55. The maximum Gasteiger partial charge on any atom is 0.240 e. The highest BCUT2D eigenvalue weighted by atomic mass is 16.1. The van der Waals surface area contributed by atoms with E-state index in [4.69, 9.17) is 0 Å². The molecule has 4 nitrogen and oxygen atoms in total. The van der Waals surface area contributed by atoms with E-state index < -0.39 is 0 Å². The zero-order chi connectivity index (χ0) is 15.1. The van der Waals surface area contributed by atoms with Crippen molar-refractivity contribution in [1.82, 2.24) is 0 Å². The van der Waals surface area contributed by atoms with Crippen molar-refractivity contribution < 1.29 is 9.59 Å². The van der Waals surface area contributed by atoms with E-state index in [0.29, 0.717) is 12.1 Å². The summed E-state index contributed by atoms with van der Waals surface area (Å²) in [4.78, 5) is 29.5. The second-order valence-corrected chi connectivity index (χ2v) is 5.65. The maximum absolute atomic E-state index is 10.8. The first-order valence-corrected chi connectivity index (χ1v) is 7.52. The molecule has 1 saturated carbocycles. The largest absolute Gasteiger partial charge is 0.240 e. The Morgan fingerprint density at radius 3 is 2.43 bits per heavy atom. The van der Waals surface area contributed by atoms with Gasteiger partial charge in [-0.25, -0.2) is 9.59 Å². The number of hydrogen-bond acceptors (Lipinski definition) is 4. The molecule has 0 radical (unpaired) electrons. The lowest BCUT2D eigenvalue weighted by atomic mass is 9.77. The summed E-state index contributed by atoms with van der Waals surface area (Å²) in [5.41, 5.74) is 2.32. The fourth-order valence-electron chi connectivity index (χ4n) is 3.25. The molecule has 0 bridgehead atoms. The number of carbonyl (C=O) groups excluding carboxylic acids is 2. The minimum atomic E-state index is -0.375. The SMILES string of the molecule is CCc1cccc(CC2(N=C=O)CCCCC2)c1N=C=O. The van der Waals surface area contributed by atoms with Crippen LogP contribution >= 0.6 is 0 Å². The predicted octanol–water partition coefficient (Wildman–Crippen LogP) is 3.80. The van der Waals surface area contributed by atoms with Gasteiger partial charge in [-0.15, -0.1) is 0 Å². The highest BCUT2D eigenvalue weighted by Gasteiger charge is 2.33. The van der Waals surface area contributed by atoms with Crippen molar-refractivity contribution in [1.29, 1.82) is 0 Å². The molecule has 0 atom stereocenters. The zero-order valence-corrected chi connectivity index (χ0v) is 12.4. The monoisotopic (exact) mass is 284 g/mol. The van der Waals surface area contributed by atoms with Crippen LogP contribution in [-0.4, -0.2) is 17.7 Å². The molecule has 2 rings (SSSR count). The van der Waals surface area contributed by atoms with Crippen LogP contribution in [0, 0.1) is 0 Å². The number of aryl methyl sites for hydroxylation is 1. The van der Waals surface area contributed by atoms with E-state index in [0.717, 1.165) is 43.2 Å². The Bertz CT molecular complexity index is 591. The standard InChI is InChI=1S/C17H20N2O2/c1-2-14-7-6-8-15(16(14)18-12-20)11-17(19-13-21)9-4-3-5-10-17/h6-8H,2-5,9-11H2,1H3. The second kappa shape index (κ2) is 7.12. The van der Waals surface area contributed by atoms with Crippen molar-refractivity contribution in [2.75, 3.05) is 0 Å². The molecule has 1 aliphatic rings. The van der Waals surface area contributed by atoms with Crippen LogP contribution in [0.3, 0.4) is 0 Å². The average molecular weight is 284 g/mol. The summed E-state index contributed by atoms with van der Waals surface area (Å²) >= 11 is 0. The van der Waals surface area contributed by atoms with Gasteiger partial charge in [-0.1, -0.05) is 44.4 Å². The minimum absolute atomic E-state index is 0.375. The Morgan fingerprint density at radius 2 is 1.81 bits per heavy atom. The summed E-state index contributed by atoms with van der Waals surface area (Å²) in [5.74, 6) is 0. The van der Waals surface area contributed by atoms with Gasteiger partial charge >= 0.3 is 0 Å². The molecule has 110 valence electrons. The molecule has 0 amide bonds. The lowest BCUT2D eigenvalue weighted by Crippen LogP contribution is -2.32. The smallest absolute Gasteiger partial charge is 0.211 e. The number of hydrogen-bond donors (Lipinski definition) is 0. The van der Waals surface area contributed by atoms with E-state index in [1.165, 1.54) is 6.42 Å². The summed E-state index contributed by atoms with van der Waals surface area (Å²) in [5, 5.41) is 0. The maximum atomic E-state index is 10.8. The molecule has 0 spiro atoms. The number of benzene rings is 1. The van der Waals surface area contributed by atoms with Gasteiger partial charge in [0.15, 0.2) is 0 Å². The van der Waals surface area contributed by atoms with Gasteiger partial charge in [0.05, 0.1) is 11.2 Å². The van der Waals surface area contributed by atoms with Crippen molar-refractivity contribution in [2.24, 2.45) is 9.98 Å². The molecular weight excluding hydrogens is 264 g/mol. The van der Waals surface area contributed by atoms with Crippen molar-refractivity contribution in [3.05, 3.63) is 29.3 Å². The molecule has 1 aliphatic carbocycles. The number of rotatable bonds is 5. The van der Waals surface area contributed by atoms with E-state index in [1.807, 2.05) is 25.1 Å². The topological polar surface area (TPSA) is 58.9 Å². The summed E-state index contributed by atoms with van der Waals surface area (Å²) in [6.07, 6.45) is 9.95. The summed E-state index contributed by atoms with van der Waals surface area (Å²) in [6, 6.07) is 5.90. The molecule has 0 aliphatic heterocycles. The van der Waals surface area contributed by atoms with Gasteiger partial charge in [-0.05, 0) is 30.4 Å². The van der Waals surface area contributed by atoms with Gasteiger partial charge < -0.3 is 0 Å². The van der Waals surface area contributed by atoms with Gasteiger partial charge in [0.2, 0.25) is 12.2 Å². The highest BCUT2D eigenvalue weighted by molar-refractivity contribution is 5.59. The normalized spacial score (nSPS) is 16.6. The van der Waals surface area contributed by atoms with Crippen LogP contribution in [0.5, 0.6) is 0 Å². The third-order valence-electron chi connectivity index (χ3n) is 4.33. The molecule has 0 N–H and O–H groups in total. The fraction of sp³-hybridized carbons (Fsp3) is 0.529. The highest BCUT2D eigenvalue weighted by Crippen LogP contribution is 2.37. The van der Waals surface area contributed by atoms with Crippen LogP contribution in [0.2, 0.25) is 0 Å². The van der Waals surface area contributed by atoms with Crippen molar-refractivity contribution in [3.63, 3.8) is 0 Å². The Morgan fingerprint density at radius 1 is 1.10 bits per heavy atom. The van der Waals surface area contributed by atoms with Crippen LogP contribution < -0.4 is 0 Å². The molecule has 0 heterocycles. The van der Waals surface area contributed by atoms with Crippen LogP contribution in [0.1, 0.15) is 50.2 Å². The van der Waals surface area contributed by atoms with Crippen LogP contribution in [-0.2, 0) is 22.4 Å². The van der Waals surface area contributed by atoms with Gasteiger partial charge in [0.1, 0.15) is 0 Å². The molecule has 1 aromatic carbocycles. The minimum Gasteiger partial charge on any atom is -0.211 e. The van der Waals surface area contributed by atoms with Gasteiger partial charge in [-0.3, -0.25) is 0 Å². The Kier molecular flexibility index (Phi) is 5.21. The fourth-order valence-corrected chi connectivity index (χ4v) is 3.25. The van der Waals surface area contributed by atoms with E-state index in [2.05, 4.69) is 9.98 Å². The Hall–Kier alpha value is -2.02. The first kappa shape index (κ1) is 15.4. The third-order valence-corrected chi connectivity index (χ3v) is 4.33. The lowest BCUT2D eigenvalue weighted by Gasteiger charge is -2.32. The zero-order valence-electron chi connectivity index (χ0n) is 12.4. The molecule has 1 aromatic rings. The van der Waals surface area contributed by atoms with Crippen LogP contribution in [0.25, 0.3) is 0 Å². The molecule has 4 heteroatoms. The first-order chi connectivity index (χ1) is 10.2. The second-order valence-electron chi connectivity index (χ2n) is 5.65. The average Bonchev–Trinajstić information content (AvgIpc) is 2.50. The molecule has 0 saturated heterocycles. The lowest BCUT2D eigenvalue weighted by molar-refractivity contribution is 0.296. The van der Waals surface area contributed by atoms with Gasteiger partial charge in [0, 0.05) is 6.42 Å². The predicted molar refractivity (Wildman–Crippen MR) is 81.2 cm³/mol. The first-order valence-electron chi connectivity index (χ1n) is 7.52. The number of para-hydroxylation sites is 1. The molecular formula is C17H20N2O2. The van der Waals surface area contributed by atoms with Crippen molar-refractivity contribution in [3.8, 4) is 0 Å². The Labute approximate surface area is 125 Å². The quantitative estimate of drug-likeness (QED) is 0.610. The summed E-state index contributed by atoms with van der Waals surface area (Å²) < 4.78 is 0. The van der Waals surface area contributed by atoms with Gasteiger partial charge in [0.25, 0.3) is 0 Å². The molecule has 0 aromatic heterocycles. The molecule has 1 fully saturated rings. The van der Waals surface area contributed by atoms with E-state index in [-0.39, 0.29) is 5.54 Å². The van der Waals surface area contributed by atoms with Gasteiger partial charge in [-0.2, -0.15) is 9.98 Å². The van der Waals surface area contributed by atoms with E-state index in [1.54, 1.807) is 12.2 Å². The Balaban J connectivity index is 2.41. The van der Waals surface area contributed by atoms with Crippen LogP contribution in [0.4, 0.5) is 5.69 Å². The number of aliphatic imine (C=N–C) groups is 2. The summed E-state index contributed by atoms with van der Waals surface area (Å²) in [7, 11) is 0. The van der Waals surface area contributed by atoms with Crippen molar-refractivity contribution in [2.45, 2.75) is 57.4 Å². The van der Waals surface area contributed by atoms with E-state index >= 15 is 0 Å².